The van der Waals surface area contributed by atoms with Crippen LogP contribution in [0.25, 0.3) is 0 Å². The molecule has 4 radical (unpaired) electrons. The van der Waals surface area contributed by atoms with Gasteiger partial charge in [-0.15, -0.1) is 0 Å². The fourth-order valence-electron chi connectivity index (χ4n) is 3.51. The molecule has 0 spiro atoms. The van der Waals surface area contributed by atoms with Crippen molar-refractivity contribution in [2.75, 3.05) is 9.80 Å². The molecule has 11 nitrogen and oxygen atoms in total. The zero-order valence-electron chi connectivity index (χ0n) is 21.7. The molecular formula is C26H25AlBN3O8. The summed E-state index contributed by atoms with van der Waals surface area (Å²) in [6.45, 7) is 6.10. The number of hydrogen-bond acceptors (Lipinski definition) is 9. The molecule has 0 saturated carbocycles. The number of anilines is 2. The van der Waals surface area contributed by atoms with E-state index >= 15 is 0 Å². The van der Waals surface area contributed by atoms with Crippen LogP contribution < -0.4 is 19.3 Å². The van der Waals surface area contributed by atoms with Gasteiger partial charge in [0.15, 0.2) is 0 Å². The van der Waals surface area contributed by atoms with Crippen LogP contribution in [0.5, 0.6) is 11.5 Å². The molecule has 39 heavy (non-hydrogen) atoms. The molecule has 2 atom stereocenters. The summed E-state index contributed by atoms with van der Waals surface area (Å²) in [6, 6.07) is 12.4. The fourth-order valence-corrected chi connectivity index (χ4v) is 3.51. The molecule has 2 aromatic carbocycles. The van der Waals surface area contributed by atoms with Crippen molar-refractivity contribution in [2.45, 2.75) is 27.7 Å². The molecule has 2 aliphatic rings. The molecule has 2 aromatic rings. The van der Waals surface area contributed by atoms with E-state index in [1.807, 2.05) is 0 Å². The van der Waals surface area contributed by atoms with E-state index in [9.17, 15) is 28.8 Å². The van der Waals surface area contributed by atoms with Crippen LogP contribution in [-0.4, -0.2) is 60.1 Å². The van der Waals surface area contributed by atoms with Gasteiger partial charge in [-0.25, -0.2) is 4.90 Å². The second-order valence-electron chi connectivity index (χ2n) is 8.11. The summed E-state index contributed by atoms with van der Waals surface area (Å²) in [5.74, 6) is -1.84. The second-order valence-corrected chi connectivity index (χ2v) is 8.11. The first kappa shape index (κ1) is 32.8. The van der Waals surface area contributed by atoms with E-state index < -0.39 is 11.9 Å². The quantitative estimate of drug-likeness (QED) is 0.266. The van der Waals surface area contributed by atoms with Crippen LogP contribution in [0, 0.1) is 16.2 Å². The maximum absolute atomic E-state index is 12.0. The molecular weight excluding hydrogens is 520 g/mol. The summed E-state index contributed by atoms with van der Waals surface area (Å²) < 4.78 is 15.4. The molecule has 2 heterocycles. The average molecular weight is 545 g/mol. The van der Waals surface area contributed by atoms with Gasteiger partial charge >= 0.3 is 32.4 Å². The van der Waals surface area contributed by atoms with Gasteiger partial charge in [0, 0.05) is 46.2 Å². The molecule has 1 fully saturated rings. The van der Waals surface area contributed by atoms with Crippen LogP contribution in [0.1, 0.15) is 27.7 Å². The maximum atomic E-state index is 12.0. The zero-order valence-corrected chi connectivity index (χ0v) is 22.9. The number of benzene rings is 2. The Labute approximate surface area is 235 Å². The van der Waals surface area contributed by atoms with Crippen molar-refractivity contribution in [1.82, 2.24) is 0 Å². The third-order valence-corrected chi connectivity index (χ3v) is 5.49. The van der Waals surface area contributed by atoms with Gasteiger partial charge in [0.1, 0.15) is 11.5 Å². The van der Waals surface area contributed by atoms with Gasteiger partial charge in [-0.2, -0.15) is 0 Å². The molecule has 2 aliphatic heterocycles. The summed E-state index contributed by atoms with van der Waals surface area (Å²) >= 11 is 1.67. The number of nitrogens with one attached hydrogen (secondary N) is 1. The zero-order chi connectivity index (χ0) is 28.6. The molecule has 1 N–H and O–H groups in total. The summed E-state index contributed by atoms with van der Waals surface area (Å²) in [5, 5.41) is 0. The Morgan fingerprint density at radius 3 is 1.28 bits per heavy atom. The van der Waals surface area contributed by atoms with Gasteiger partial charge in [-0.05, 0) is 48.5 Å². The SMILES string of the molecule is CC(=O)Oc1ccc(N2C(=O)C(C)C(C)C2=O)cc1.CC(=O)Oc1ccc(N2C(=O)C=CC2=O)cc1.[B].[NH]=[Al]. The van der Waals surface area contributed by atoms with E-state index in [1.54, 1.807) is 66.3 Å². The van der Waals surface area contributed by atoms with E-state index in [4.69, 9.17) is 13.8 Å². The van der Waals surface area contributed by atoms with Crippen LogP contribution in [0.2, 0.25) is 0 Å². The Balaban J connectivity index is 0.000000360. The van der Waals surface area contributed by atoms with Crippen molar-refractivity contribution in [3.05, 3.63) is 60.7 Å². The minimum atomic E-state index is -0.423. The Hall–Kier alpha value is -4.20. The second kappa shape index (κ2) is 14.7. The summed E-state index contributed by atoms with van der Waals surface area (Å²) in [4.78, 5) is 70.5. The molecule has 0 aliphatic carbocycles. The van der Waals surface area contributed by atoms with Gasteiger partial charge in [0.2, 0.25) is 11.8 Å². The summed E-state index contributed by atoms with van der Waals surface area (Å²) in [6.07, 6.45) is 2.42. The van der Waals surface area contributed by atoms with Crippen LogP contribution in [0.3, 0.4) is 0 Å². The van der Waals surface area contributed by atoms with E-state index in [2.05, 4.69) is 0 Å². The Bertz CT molecular complexity index is 1240. The molecule has 4 rings (SSSR count). The first-order chi connectivity index (χ1) is 18.0. The van der Waals surface area contributed by atoms with Gasteiger partial charge in [0.25, 0.3) is 11.8 Å². The van der Waals surface area contributed by atoms with Crippen LogP contribution in [-0.2, 0) is 28.8 Å². The average Bonchev–Trinajstić information content (AvgIpc) is 3.31. The van der Waals surface area contributed by atoms with Crippen molar-refractivity contribution in [1.29, 1.82) is 4.35 Å². The third kappa shape index (κ3) is 8.14. The van der Waals surface area contributed by atoms with E-state index in [-0.39, 0.29) is 43.9 Å². The van der Waals surface area contributed by atoms with Crippen LogP contribution in [0.4, 0.5) is 11.4 Å². The first-order valence-electron chi connectivity index (χ1n) is 11.3. The Kier molecular flexibility index (Phi) is 12.3. The van der Waals surface area contributed by atoms with Crippen molar-refractivity contribution < 1.29 is 38.2 Å². The molecule has 4 amide bonds. The summed E-state index contributed by atoms with van der Waals surface area (Å²) in [7, 11) is 0. The number of esters is 2. The number of hydrogen-bond donors (Lipinski definition) is 1. The standard InChI is InChI=1S/C14H15NO4.C12H9NO4.Al.B.HN/c1-8-9(2)14(18)15(13(8)17)11-4-6-12(7-5-11)19-10(3)16;1-8(14)17-10-4-2-9(3-5-10)13-11(15)6-7-12(13)16;;;/h4-9H,1-3H3;2-7H,1H3;;;1H. The molecule has 1 saturated heterocycles. The Morgan fingerprint density at radius 2 is 0.974 bits per heavy atom. The predicted molar refractivity (Wildman–Crippen MR) is 142 cm³/mol. The molecule has 0 aromatic heterocycles. The van der Waals surface area contributed by atoms with Gasteiger partial charge in [-0.3, -0.25) is 33.7 Å². The number of imide groups is 2. The number of ether oxygens (including phenoxy) is 2. The molecule has 13 heteroatoms. The van der Waals surface area contributed by atoms with Crippen molar-refractivity contribution in [2.24, 2.45) is 11.8 Å². The van der Waals surface area contributed by atoms with Crippen LogP contribution >= 0.6 is 0 Å². The monoisotopic (exact) mass is 545 g/mol. The topological polar surface area (TPSA) is 151 Å². The van der Waals surface area contributed by atoms with Crippen molar-refractivity contribution >= 4 is 71.5 Å². The number of carbonyl (C=O) groups excluding carboxylic acids is 6. The van der Waals surface area contributed by atoms with Crippen molar-refractivity contribution in [3.63, 3.8) is 0 Å². The Morgan fingerprint density at radius 1 is 0.667 bits per heavy atom. The number of rotatable bonds is 4. The minimum absolute atomic E-state index is 0. The van der Waals surface area contributed by atoms with Crippen LogP contribution in [0.15, 0.2) is 60.7 Å². The van der Waals surface area contributed by atoms with Gasteiger partial charge in [0.05, 0.1) is 11.4 Å². The van der Waals surface area contributed by atoms with E-state index in [0.29, 0.717) is 22.9 Å². The fraction of sp³-hybridized carbons (Fsp3) is 0.231. The molecule has 0 bridgehead atoms. The number of nitrogens with zero attached hydrogens (tertiary/aromatic N) is 2. The van der Waals surface area contributed by atoms with Gasteiger partial charge < -0.3 is 9.47 Å². The molecule has 198 valence electrons. The normalized spacial score (nSPS) is 17.4. The predicted octanol–water partition coefficient (Wildman–Crippen LogP) is 2.34. The van der Waals surface area contributed by atoms with E-state index in [1.165, 1.54) is 43.0 Å². The van der Waals surface area contributed by atoms with Crippen molar-refractivity contribution in [3.8, 4) is 11.5 Å². The summed E-state index contributed by atoms with van der Waals surface area (Å²) in [5.41, 5.74) is 0.947. The molecule has 2 unspecified atom stereocenters. The van der Waals surface area contributed by atoms with E-state index in [0.717, 1.165) is 4.90 Å². The number of amides is 4. The first-order valence-corrected chi connectivity index (χ1v) is 11.9. The number of carbonyl (C=O) groups is 6. The third-order valence-electron chi connectivity index (χ3n) is 5.49. The van der Waals surface area contributed by atoms with Gasteiger partial charge in [-0.1, -0.05) is 13.8 Å².